The molecular weight excluding hydrogens is 380 g/mol. The van der Waals surface area contributed by atoms with Gasteiger partial charge in [0.1, 0.15) is 6.04 Å². The molecule has 2 rings (SSSR count). The highest BCUT2D eigenvalue weighted by molar-refractivity contribution is 5.75. The molecule has 0 radical (unpaired) electrons. The molecule has 0 saturated carbocycles. The summed E-state index contributed by atoms with van der Waals surface area (Å²) in [6.07, 6.45) is -1.84. The van der Waals surface area contributed by atoms with Crippen molar-refractivity contribution >= 4 is 11.8 Å². The number of carbonyl (C=O) groups is 2. The Kier molecular flexibility index (Phi) is 8.26. The fourth-order valence-corrected chi connectivity index (χ4v) is 3.12. The molecule has 0 unspecified atom stereocenters. The number of carbonyl (C=O) groups excluding carboxylic acids is 2. The van der Waals surface area contributed by atoms with E-state index in [1.54, 1.807) is 0 Å². The minimum absolute atomic E-state index is 0.145. The van der Waals surface area contributed by atoms with Crippen LogP contribution in [0.4, 0.5) is 0 Å². The average molecular weight is 402 g/mol. The summed E-state index contributed by atoms with van der Waals surface area (Å²) < 4.78 is 11.8. The van der Waals surface area contributed by atoms with Crippen LogP contribution in [0.5, 0.6) is 0 Å². The molecule has 12 heteroatoms. The summed E-state index contributed by atoms with van der Waals surface area (Å²) in [5, 5.41) is 12.6. The first kappa shape index (κ1) is 22.0. The van der Waals surface area contributed by atoms with Crippen LogP contribution in [-0.2, 0) is 25.7 Å². The molecule has 1 aliphatic heterocycles. The molecule has 12 nitrogen and oxygen atoms in total. The third kappa shape index (κ3) is 6.37. The Morgan fingerprint density at radius 1 is 1.10 bits per heavy atom. The highest BCUT2D eigenvalue weighted by Crippen LogP contribution is 2.26. The molecule has 29 heavy (non-hydrogen) atoms. The molecule has 1 aromatic rings. The van der Waals surface area contributed by atoms with Crippen LogP contribution < -0.4 is 10.6 Å². The summed E-state index contributed by atoms with van der Waals surface area (Å²) >= 11 is 0. The molecule has 0 spiro atoms. The second-order valence-corrected chi connectivity index (χ2v) is 6.40. The summed E-state index contributed by atoms with van der Waals surface area (Å²) in [6, 6.07) is 6.71. The monoisotopic (exact) mass is 402 g/mol. The molecule has 5 atom stereocenters. The van der Waals surface area contributed by atoms with Crippen molar-refractivity contribution in [2.75, 3.05) is 6.54 Å². The van der Waals surface area contributed by atoms with Crippen LogP contribution in [-0.4, -0.2) is 48.9 Å². The van der Waals surface area contributed by atoms with Crippen molar-refractivity contribution in [2.45, 2.75) is 51.0 Å². The molecule has 1 aliphatic rings. The van der Waals surface area contributed by atoms with E-state index in [-0.39, 0.29) is 19.1 Å². The number of ether oxygens (including phenoxy) is 2. The Hall–Kier alpha value is -3.30. The molecule has 1 heterocycles. The molecular formula is C17H22N8O4. The number of amides is 2. The van der Waals surface area contributed by atoms with E-state index in [9.17, 15) is 9.59 Å². The van der Waals surface area contributed by atoms with Gasteiger partial charge < -0.3 is 20.1 Å². The van der Waals surface area contributed by atoms with Crippen molar-refractivity contribution in [1.29, 1.82) is 0 Å². The van der Waals surface area contributed by atoms with Crippen LogP contribution in [0.15, 0.2) is 40.6 Å². The molecule has 0 aliphatic carbocycles. The highest BCUT2D eigenvalue weighted by Gasteiger charge is 2.46. The van der Waals surface area contributed by atoms with Crippen LogP contribution in [0.2, 0.25) is 0 Å². The Labute approximate surface area is 166 Å². The molecule has 1 aromatic carbocycles. The molecule has 1 fully saturated rings. The van der Waals surface area contributed by atoms with Gasteiger partial charge in [-0.15, -0.1) is 0 Å². The van der Waals surface area contributed by atoms with Gasteiger partial charge in [0.25, 0.3) is 0 Å². The van der Waals surface area contributed by atoms with Gasteiger partial charge in [0.05, 0.1) is 31.3 Å². The van der Waals surface area contributed by atoms with Crippen LogP contribution in [0.3, 0.4) is 0 Å². The van der Waals surface area contributed by atoms with Gasteiger partial charge in [-0.25, -0.2) is 0 Å². The molecule has 2 N–H and O–H groups in total. The quantitative estimate of drug-likeness (QED) is 0.384. The smallest absolute Gasteiger partial charge is 0.217 e. The zero-order chi connectivity index (χ0) is 21.2. The van der Waals surface area contributed by atoms with Gasteiger partial charge in [-0.1, -0.05) is 40.6 Å². The molecule has 154 valence electrons. The summed E-state index contributed by atoms with van der Waals surface area (Å²) in [7, 11) is 0. The Bertz CT molecular complexity index is 807. The summed E-state index contributed by atoms with van der Waals surface area (Å²) in [4.78, 5) is 29.1. The number of nitrogens with one attached hydrogen (secondary N) is 2. The third-order valence-corrected chi connectivity index (χ3v) is 4.24. The highest BCUT2D eigenvalue weighted by atomic mass is 16.7. The molecule has 1 saturated heterocycles. The Morgan fingerprint density at radius 3 is 2.34 bits per heavy atom. The SMILES string of the molecule is CC(=O)N[C@@H]1[C@H](OCc2ccccc2)O[C@H](CN=[N+]=[N-])[C@@H](N=[N+]=[N-])[C@@H]1NC(C)=O. The summed E-state index contributed by atoms with van der Waals surface area (Å²) in [5.41, 5.74) is 18.5. The fourth-order valence-electron chi connectivity index (χ4n) is 3.12. The van der Waals surface area contributed by atoms with Gasteiger partial charge in [-0.05, 0) is 16.6 Å². The number of benzene rings is 1. The maximum Gasteiger partial charge on any atom is 0.217 e. The Balaban J connectivity index is 2.35. The van der Waals surface area contributed by atoms with Crippen molar-refractivity contribution in [3.63, 3.8) is 0 Å². The summed E-state index contributed by atoms with van der Waals surface area (Å²) in [5.74, 6) is -0.773. The second kappa shape index (κ2) is 10.9. The first-order valence-corrected chi connectivity index (χ1v) is 8.86. The average Bonchev–Trinajstić information content (AvgIpc) is 2.69. The van der Waals surface area contributed by atoms with E-state index < -0.39 is 36.4 Å². The normalized spacial score (nSPS) is 25.8. The van der Waals surface area contributed by atoms with Crippen molar-refractivity contribution in [2.24, 2.45) is 10.2 Å². The van der Waals surface area contributed by atoms with Crippen LogP contribution >= 0.6 is 0 Å². The number of hydrogen-bond acceptors (Lipinski definition) is 6. The lowest BCUT2D eigenvalue weighted by Crippen LogP contribution is -2.68. The van der Waals surface area contributed by atoms with E-state index >= 15 is 0 Å². The van der Waals surface area contributed by atoms with Crippen molar-refractivity contribution in [3.05, 3.63) is 56.8 Å². The van der Waals surface area contributed by atoms with Gasteiger partial charge in [0.2, 0.25) is 11.8 Å². The zero-order valence-electron chi connectivity index (χ0n) is 16.0. The van der Waals surface area contributed by atoms with E-state index in [1.165, 1.54) is 13.8 Å². The fraction of sp³-hybridized carbons (Fsp3) is 0.529. The van der Waals surface area contributed by atoms with E-state index in [0.717, 1.165) is 5.56 Å². The van der Waals surface area contributed by atoms with Crippen molar-refractivity contribution in [3.8, 4) is 0 Å². The lowest BCUT2D eigenvalue weighted by atomic mass is 9.91. The Morgan fingerprint density at radius 2 is 1.76 bits per heavy atom. The van der Waals surface area contributed by atoms with Crippen molar-refractivity contribution < 1.29 is 19.1 Å². The number of hydrogen-bond donors (Lipinski definition) is 2. The molecule has 0 bridgehead atoms. The van der Waals surface area contributed by atoms with E-state index in [4.69, 9.17) is 20.5 Å². The second-order valence-electron chi connectivity index (χ2n) is 6.40. The number of rotatable bonds is 8. The van der Waals surface area contributed by atoms with Gasteiger partial charge >= 0.3 is 0 Å². The largest absolute Gasteiger partial charge is 0.351 e. The maximum absolute atomic E-state index is 11.8. The zero-order valence-corrected chi connectivity index (χ0v) is 16.0. The van der Waals surface area contributed by atoms with Gasteiger partial charge in [0, 0.05) is 23.7 Å². The van der Waals surface area contributed by atoms with Gasteiger partial charge in [-0.2, -0.15) is 0 Å². The van der Waals surface area contributed by atoms with Crippen molar-refractivity contribution in [1.82, 2.24) is 10.6 Å². The van der Waals surface area contributed by atoms with Gasteiger partial charge in [0.15, 0.2) is 6.29 Å². The van der Waals surface area contributed by atoms with Crippen LogP contribution in [0, 0.1) is 0 Å². The minimum Gasteiger partial charge on any atom is -0.351 e. The van der Waals surface area contributed by atoms with E-state index in [1.807, 2.05) is 30.3 Å². The lowest BCUT2D eigenvalue weighted by Gasteiger charge is -2.45. The van der Waals surface area contributed by atoms with Gasteiger partial charge in [-0.3, -0.25) is 9.59 Å². The first-order valence-electron chi connectivity index (χ1n) is 8.86. The summed E-state index contributed by atoms with van der Waals surface area (Å²) in [6.45, 7) is 2.65. The number of azide groups is 2. The standard InChI is InChI=1S/C17H22N8O4/c1-10(26)21-15-14(23-25-19)13(8-20-24-18)29-17(16(15)22-11(2)27)28-9-12-6-4-3-5-7-12/h3-7,13-17H,8-9H2,1-2H3,(H,21,26)(H,22,27)/t13-,14-,15+,16+,17-/m1/s1. The van der Waals surface area contributed by atoms with Crippen LogP contribution in [0.25, 0.3) is 20.9 Å². The predicted octanol–water partition coefficient (Wildman–Crippen LogP) is 1.93. The minimum atomic E-state index is -0.986. The lowest BCUT2D eigenvalue weighted by molar-refractivity contribution is -0.222. The third-order valence-electron chi connectivity index (χ3n) is 4.24. The van der Waals surface area contributed by atoms with E-state index in [2.05, 4.69) is 30.7 Å². The van der Waals surface area contributed by atoms with E-state index in [0.29, 0.717) is 0 Å². The predicted molar refractivity (Wildman–Crippen MR) is 102 cm³/mol. The van der Waals surface area contributed by atoms with Crippen LogP contribution in [0.1, 0.15) is 19.4 Å². The molecule has 0 aromatic heterocycles. The first-order chi connectivity index (χ1) is 14.0. The maximum atomic E-state index is 11.8. The number of nitrogens with zero attached hydrogens (tertiary/aromatic N) is 6. The topological polar surface area (TPSA) is 174 Å². The molecule has 2 amide bonds.